The summed E-state index contributed by atoms with van der Waals surface area (Å²) in [5.74, 6) is -0.758. The molecule has 0 fully saturated rings. The van der Waals surface area contributed by atoms with Crippen LogP contribution in [0.5, 0.6) is 0 Å². The molecule has 1 atom stereocenters. The quantitative estimate of drug-likeness (QED) is 0.660. The molecule has 2 aromatic rings. The Balaban J connectivity index is 2.07. The lowest BCUT2D eigenvalue weighted by Gasteiger charge is -2.15. The summed E-state index contributed by atoms with van der Waals surface area (Å²) in [6.45, 7) is 5.00. The van der Waals surface area contributed by atoms with E-state index >= 15 is 0 Å². The fourth-order valence-electron chi connectivity index (χ4n) is 2.14. The van der Waals surface area contributed by atoms with E-state index in [1.807, 2.05) is 0 Å². The monoisotopic (exact) mass is 394 g/mol. The van der Waals surface area contributed by atoms with Gasteiger partial charge in [-0.05, 0) is 51.1 Å². The zero-order chi connectivity index (χ0) is 20.0. The number of hydrogen-bond donors (Lipinski definition) is 2. The minimum Gasteiger partial charge on any atom is -0.468 e. The predicted molar refractivity (Wildman–Crippen MR) is 97.3 cm³/mol. The lowest BCUT2D eigenvalue weighted by atomic mass is 10.2. The topological polar surface area (TPSA) is 115 Å². The van der Waals surface area contributed by atoms with Crippen LogP contribution >= 0.6 is 0 Å². The predicted octanol–water partition coefficient (Wildman–Crippen LogP) is 1.83. The second kappa shape index (κ2) is 8.83. The average Bonchev–Trinajstić information content (AvgIpc) is 3.13. The van der Waals surface area contributed by atoms with E-state index in [-0.39, 0.29) is 23.0 Å². The second-order valence-corrected chi connectivity index (χ2v) is 7.91. The molecular weight excluding hydrogens is 372 g/mol. The number of rotatable bonds is 8. The van der Waals surface area contributed by atoms with Crippen LogP contribution in [0.15, 0.2) is 52.0 Å². The van der Waals surface area contributed by atoms with Gasteiger partial charge in [0.25, 0.3) is 5.91 Å². The highest BCUT2D eigenvalue weighted by Crippen LogP contribution is 2.14. The Labute approximate surface area is 157 Å². The Bertz CT molecular complexity index is 890. The molecule has 2 rings (SSSR count). The van der Waals surface area contributed by atoms with Crippen LogP contribution in [-0.4, -0.2) is 32.4 Å². The first kappa shape index (κ1) is 20.7. The first-order valence-electron chi connectivity index (χ1n) is 8.32. The van der Waals surface area contributed by atoms with Gasteiger partial charge in [-0.25, -0.2) is 17.9 Å². The van der Waals surface area contributed by atoms with Gasteiger partial charge in [-0.2, -0.15) is 0 Å². The van der Waals surface area contributed by atoms with Crippen molar-refractivity contribution in [2.45, 2.75) is 44.4 Å². The molecule has 1 aromatic heterocycles. The maximum atomic E-state index is 12.4. The molecule has 0 aliphatic carbocycles. The molecule has 8 nitrogen and oxygen atoms in total. The van der Waals surface area contributed by atoms with Gasteiger partial charge >= 0.3 is 5.97 Å². The number of sulfonamides is 1. The number of hydrogen-bond acceptors (Lipinski definition) is 6. The summed E-state index contributed by atoms with van der Waals surface area (Å²) in [7, 11) is -3.85. The molecule has 9 heteroatoms. The molecule has 2 N–H and O–H groups in total. The second-order valence-electron chi connectivity index (χ2n) is 6.14. The standard InChI is InChI=1S/C18H22N2O6S/c1-12(2)20-17(21)13(3)26-18(22)14-6-4-8-16(10-14)27(23,24)19-11-15-7-5-9-25-15/h4-10,12-13,19H,11H2,1-3H3,(H,20,21). The van der Waals surface area contributed by atoms with E-state index in [0.29, 0.717) is 5.76 Å². The van der Waals surface area contributed by atoms with Crippen molar-refractivity contribution >= 4 is 21.9 Å². The van der Waals surface area contributed by atoms with Crippen molar-refractivity contribution < 1.29 is 27.2 Å². The maximum absolute atomic E-state index is 12.4. The van der Waals surface area contributed by atoms with Crippen molar-refractivity contribution in [1.29, 1.82) is 0 Å². The van der Waals surface area contributed by atoms with E-state index in [2.05, 4.69) is 10.0 Å². The van der Waals surface area contributed by atoms with Gasteiger partial charge in [-0.15, -0.1) is 0 Å². The molecule has 1 unspecified atom stereocenters. The maximum Gasteiger partial charge on any atom is 0.338 e. The Morgan fingerprint density at radius 1 is 1.15 bits per heavy atom. The molecule has 0 aliphatic rings. The van der Waals surface area contributed by atoms with Crippen LogP contribution in [0, 0.1) is 0 Å². The van der Waals surface area contributed by atoms with Crippen LogP contribution in [0.2, 0.25) is 0 Å². The molecule has 0 radical (unpaired) electrons. The van der Waals surface area contributed by atoms with Gasteiger partial charge in [-0.3, -0.25) is 4.79 Å². The third-order valence-electron chi connectivity index (χ3n) is 3.48. The lowest BCUT2D eigenvalue weighted by molar-refractivity contribution is -0.129. The normalized spacial score (nSPS) is 12.6. The van der Waals surface area contributed by atoms with E-state index in [4.69, 9.17) is 9.15 Å². The minimum atomic E-state index is -3.85. The summed E-state index contributed by atoms with van der Waals surface area (Å²) in [6, 6.07) is 8.59. The van der Waals surface area contributed by atoms with E-state index in [0.717, 1.165) is 0 Å². The number of amides is 1. The van der Waals surface area contributed by atoms with Crippen molar-refractivity contribution in [3.63, 3.8) is 0 Å². The van der Waals surface area contributed by atoms with Crippen molar-refractivity contribution in [2.75, 3.05) is 0 Å². The fourth-order valence-corrected chi connectivity index (χ4v) is 3.18. The first-order valence-corrected chi connectivity index (χ1v) is 9.81. The summed E-state index contributed by atoms with van der Waals surface area (Å²) >= 11 is 0. The molecule has 146 valence electrons. The van der Waals surface area contributed by atoms with Gasteiger partial charge in [0.05, 0.1) is 23.3 Å². The molecule has 0 bridgehead atoms. The Kier molecular flexibility index (Phi) is 6.75. The van der Waals surface area contributed by atoms with Crippen LogP contribution in [0.4, 0.5) is 0 Å². The van der Waals surface area contributed by atoms with Gasteiger partial charge in [0.1, 0.15) is 5.76 Å². The summed E-state index contributed by atoms with van der Waals surface area (Å²) in [5.41, 5.74) is 0.0278. The van der Waals surface area contributed by atoms with Crippen molar-refractivity contribution in [3.8, 4) is 0 Å². The molecular formula is C18H22N2O6S. The van der Waals surface area contributed by atoms with Gasteiger partial charge in [0, 0.05) is 6.04 Å². The van der Waals surface area contributed by atoms with E-state index in [1.165, 1.54) is 37.5 Å². The number of carbonyl (C=O) groups excluding carboxylic acids is 2. The van der Waals surface area contributed by atoms with Crippen LogP contribution in [-0.2, 0) is 26.1 Å². The highest BCUT2D eigenvalue weighted by Gasteiger charge is 2.21. The summed E-state index contributed by atoms with van der Waals surface area (Å²) in [4.78, 5) is 24.0. The summed E-state index contributed by atoms with van der Waals surface area (Å²) in [5, 5.41) is 2.63. The molecule has 0 spiro atoms. The zero-order valence-electron chi connectivity index (χ0n) is 15.3. The first-order chi connectivity index (χ1) is 12.7. The highest BCUT2D eigenvalue weighted by molar-refractivity contribution is 7.89. The number of furan rings is 1. The third kappa shape index (κ3) is 5.93. The number of benzene rings is 1. The highest BCUT2D eigenvalue weighted by atomic mass is 32.2. The Morgan fingerprint density at radius 3 is 2.52 bits per heavy atom. The van der Waals surface area contributed by atoms with E-state index in [9.17, 15) is 18.0 Å². The summed E-state index contributed by atoms with van der Waals surface area (Å²) < 4.78 is 37.3. The third-order valence-corrected chi connectivity index (χ3v) is 4.88. The van der Waals surface area contributed by atoms with Gasteiger partial charge in [0.2, 0.25) is 10.0 Å². The molecule has 0 aliphatic heterocycles. The van der Waals surface area contributed by atoms with Crippen LogP contribution < -0.4 is 10.0 Å². The van der Waals surface area contributed by atoms with Crippen LogP contribution in [0.3, 0.4) is 0 Å². The van der Waals surface area contributed by atoms with E-state index in [1.54, 1.807) is 26.0 Å². The average molecular weight is 394 g/mol. The van der Waals surface area contributed by atoms with Gasteiger partial charge < -0.3 is 14.5 Å². The van der Waals surface area contributed by atoms with Crippen LogP contribution in [0.1, 0.15) is 36.9 Å². The van der Waals surface area contributed by atoms with Crippen molar-refractivity contribution in [2.24, 2.45) is 0 Å². The molecule has 1 amide bonds. The Hall–Kier alpha value is -2.65. The molecule has 27 heavy (non-hydrogen) atoms. The largest absolute Gasteiger partial charge is 0.468 e. The number of carbonyl (C=O) groups is 2. The molecule has 0 saturated carbocycles. The van der Waals surface area contributed by atoms with Crippen molar-refractivity contribution in [3.05, 3.63) is 54.0 Å². The fraction of sp³-hybridized carbons (Fsp3) is 0.333. The lowest BCUT2D eigenvalue weighted by Crippen LogP contribution is -2.39. The Morgan fingerprint density at radius 2 is 1.89 bits per heavy atom. The van der Waals surface area contributed by atoms with Gasteiger partial charge in [0.15, 0.2) is 6.10 Å². The molecule has 1 heterocycles. The smallest absolute Gasteiger partial charge is 0.338 e. The minimum absolute atomic E-state index is 0.0174. The van der Waals surface area contributed by atoms with Crippen molar-refractivity contribution in [1.82, 2.24) is 10.0 Å². The van der Waals surface area contributed by atoms with Crippen LogP contribution in [0.25, 0.3) is 0 Å². The number of ether oxygens (including phenoxy) is 1. The molecule has 1 aromatic carbocycles. The van der Waals surface area contributed by atoms with E-state index < -0.39 is 28.0 Å². The molecule has 0 saturated heterocycles. The van der Waals surface area contributed by atoms with Gasteiger partial charge in [-0.1, -0.05) is 6.07 Å². The SMILES string of the molecule is CC(C)NC(=O)C(C)OC(=O)c1cccc(S(=O)(=O)NCc2ccco2)c1. The summed E-state index contributed by atoms with van der Waals surface area (Å²) in [6.07, 6.45) is 0.439. The number of nitrogens with one attached hydrogen (secondary N) is 2. The number of esters is 1. The zero-order valence-corrected chi connectivity index (χ0v) is 16.1.